The summed E-state index contributed by atoms with van der Waals surface area (Å²) < 4.78 is 0. The van der Waals surface area contributed by atoms with Crippen LogP contribution in [0.3, 0.4) is 0 Å². The van der Waals surface area contributed by atoms with Crippen molar-refractivity contribution in [3.8, 4) is 0 Å². The van der Waals surface area contributed by atoms with Crippen molar-refractivity contribution in [2.24, 2.45) is 0 Å². The Morgan fingerprint density at radius 1 is 0.520 bits per heavy atom. The summed E-state index contributed by atoms with van der Waals surface area (Å²) in [6.45, 7) is 1.75. The average molecular weight is 325 g/mol. The molecule has 0 aliphatic rings. The second-order valence-corrected chi connectivity index (χ2v) is 5.87. The van der Waals surface area contributed by atoms with Crippen molar-refractivity contribution < 1.29 is 0 Å². The maximum atomic E-state index is 2.36. The molecule has 0 saturated heterocycles. The molecule has 0 heterocycles. The van der Waals surface area contributed by atoms with Crippen molar-refractivity contribution in [1.82, 2.24) is 0 Å². The maximum Gasteiger partial charge on any atom is 0.0371 e. The van der Waals surface area contributed by atoms with E-state index in [4.69, 9.17) is 0 Å². The smallest absolute Gasteiger partial charge is 0.0371 e. The summed E-state index contributed by atoms with van der Waals surface area (Å²) in [6.07, 6.45) is 8.80. The number of anilines is 1. The van der Waals surface area contributed by atoms with E-state index in [9.17, 15) is 0 Å². The first-order chi connectivity index (χ1) is 12.4. The van der Waals surface area contributed by atoms with Gasteiger partial charge in [-0.25, -0.2) is 0 Å². The lowest BCUT2D eigenvalue weighted by atomic mass is 10.2. The first-order valence-electron chi connectivity index (χ1n) is 8.65. The lowest BCUT2D eigenvalue weighted by Gasteiger charge is -2.21. The Balaban J connectivity index is 1.67. The molecule has 0 aromatic heterocycles. The first kappa shape index (κ1) is 16.8. The topological polar surface area (TPSA) is 3.24 Å². The predicted molar refractivity (Wildman–Crippen MR) is 110 cm³/mol. The molecule has 0 bridgehead atoms. The summed E-state index contributed by atoms with van der Waals surface area (Å²) in [4.78, 5) is 2.36. The molecule has 124 valence electrons. The largest absolute Gasteiger partial charge is 0.364 e. The number of rotatable bonds is 7. The van der Waals surface area contributed by atoms with Crippen molar-refractivity contribution in [3.63, 3.8) is 0 Å². The maximum absolute atomic E-state index is 2.36. The van der Waals surface area contributed by atoms with Crippen molar-refractivity contribution in [2.45, 2.75) is 0 Å². The standard InChI is InChI=1S/C24H23N/c1-4-12-22(13-5-1)16-10-20-25(24-18-8-3-9-19-24)21-11-17-23-14-6-2-7-15-23/h1-19H,20-21H2. The molecule has 1 heteroatoms. The van der Waals surface area contributed by atoms with Gasteiger partial charge in [0.15, 0.2) is 0 Å². The highest BCUT2D eigenvalue weighted by molar-refractivity contribution is 5.54. The Morgan fingerprint density at radius 3 is 1.36 bits per heavy atom. The summed E-state index contributed by atoms with van der Waals surface area (Å²) in [7, 11) is 0. The minimum Gasteiger partial charge on any atom is -0.364 e. The van der Waals surface area contributed by atoms with E-state index in [2.05, 4.69) is 108 Å². The highest BCUT2D eigenvalue weighted by Gasteiger charge is 2.01. The van der Waals surface area contributed by atoms with E-state index in [-0.39, 0.29) is 0 Å². The molecule has 0 N–H and O–H groups in total. The van der Waals surface area contributed by atoms with Crippen LogP contribution in [0.1, 0.15) is 11.1 Å². The molecule has 0 spiro atoms. The van der Waals surface area contributed by atoms with Crippen LogP contribution in [-0.2, 0) is 0 Å². The lowest BCUT2D eigenvalue weighted by molar-refractivity contribution is 0.958. The van der Waals surface area contributed by atoms with E-state index in [1.807, 2.05) is 12.1 Å². The third kappa shape index (κ3) is 5.50. The van der Waals surface area contributed by atoms with Gasteiger partial charge in [0.05, 0.1) is 0 Å². The van der Waals surface area contributed by atoms with Gasteiger partial charge in [0.1, 0.15) is 0 Å². The molecule has 3 aromatic carbocycles. The summed E-state index contributed by atoms with van der Waals surface area (Å²) in [5, 5.41) is 0. The molecular formula is C24H23N. The van der Waals surface area contributed by atoms with Crippen LogP contribution in [0.4, 0.5) is 5.69 Å². The van der Waals surface area contributed by atoms with Crippen LogP contribution in [-0.4, -0.2) is 13.1 Å². The molecule has 0 saturated carbocycles. The van der Waals surface area contributed by atoms with Crippen molar-refractivity contribution in [3.05, 3.63) is 114 Å². The quantitative estimate of drug-likeness (QED) is 0.521. The molecule has 0 atom stereocenters. The Hall–Kier alpha value is -3.06. The Kier molecular flexibility index (Phi) is 6.24. The van der Waals surface area contributed by atoms with Gasteiger partial charge in [-0.2, -0.15) is 0 Å². The van der Waals surface area contributed by atoms with Gasteiger partial charge >= 0.3 is 0 Å². The molecule has 0 amide bonds. The van der Waals surface area contributed by atoms with Crippen LogP contribution in [0.15, 0.2) is 103 Å². The molecule has 3 aromatic rings. The van der Waals surface area contributed by atoms with E-state index >= 15 is 0 Å². The predicted octanol–water partition coefficient (Wildman–Crippen LogP) is 5.92. The number of benzene rings is 3. The van der Waals surface area contributed by atoms with Gasteiger partial charge in [-0.15, -0.1) is 0 Å². The second kappa shape index (κ2) is 9.29. The minimum atomic E-state index is 0.873. The Labute approximate surface area is 150 Å². The highest BCUT2D eigenvalue weighted by Crippen LogP contribution is 2.14. The number of nitrogens with zero attached hydrogens (tertiary/aromatic N) is 1. The number of hydrogen-bond acceptors (Lipinski definition) is 1. The van der Waals surface area contributed by atoms with Crippen LogP contribution in [0.5, 0.6) is 0 Å². The van der Waals surface area contributed by atoms with E-state index in [1.54, 1.807) is 0 Å². The van der Waals surface area contributed by atoms with Gasteiger partial charge in [0.25, 0.3) is 0 Å². The molecule has 0 aliphatic heterocycles. The van der Waals surface area contributed by atoms with Gasteiger partial charge in [-0.05, 0) is 23.3 Å². The van der Waals surface area contributed by atoms with E-state index in [1.165, 1.54) is 16.8 Å². The zero-order chi connectivity index (χ0) is 17.2. The zero-order valence-corrected chi connectivity index (χ0v) is 14.3. The van der Waals surface area contributed by atoms with E-state index in [0.717, 1.165) is 13.1 Å². The van der Waals surface area contributed by atoms with E-state index < -0.39 is 0 Å². The minimum absolute atomic E-state index is 0.873. The van der Waals surface area contributed by atoms with Gasteiger partial charge in [-0.3, -0.25) is 0 Å². The SMILES string of the molecule is C(=Cc1ccccc1)CN(CC=Cc1ccccc1)c1ccccc1. The molecule has 25 heavy (non-hydrogen) atoms. The fourth-order valence-electron chi connectivity index (χ4n) is 2.68. The summed E-state index contributed by atoms with van der Waals surface area (Å²) in [6, 6.07) is 31.4. The van der Waals surface area contributed by atoms with Crippen LogP contribution >= 0.6 is 0 Å². The lowest BCUT2D eigenvalue weighted by Crippen LogP contribution is -2.23. The molecule has 3 rings (SSSR count). The van der Waals surface area contributed by atoms with Crippen LogP contribution in [0.2, 0.25) is 0 Å². The monoisotopic (exact) mass is 325 g/mol. The van der Waals surface area contributed by atoms with E-state index in [0.29, 0.717) is 0 Å². The summed E-state index contributed by atoms with van der Waals surface area (Å²) in [5.41, 5.74) is 3.70. The van der Waals surface area contributed by atoms with Crippen LogP contribution in [0.25, 0.3) is 12.2 Å². The van der Waals surface area contributed by atoms with Gasteiger partial charge in [-0.1, -0.05) is 103 Å². The average Bonchev–Trinajstić information content (AvgIpc) is 2.69. The fourth-order valence-corrected chi connectivity index (χ4v) is 2.68. The van der Waals surface area contributed by atoms with Crippen molar-refractivity contribution in [2.75, 3.05) is 18.0 Å². The summed E-state index contributed by atoms with van der Waals surface area (Å²) >= 11 is 0. The molecule has 0 fully saturated rings. The molecule has 1 nitrogen and oxygen atoms in total. The molecule has 0 radical (unpaired) electrons. The first-order valence-corrected chi connectivity index (χ1v) is 8.65. The molecular weight excluding hydrogens is 302 g/mol. The Bertz CT molecular complexity index is 738. The van der Waals surface area contributed by atoms with Crippen molar-refractivity contribution in [1.29, 1.82) is 0 Å². The van der Waals surface area contributed by atoms with Gasteiger partial charge in [0, 0.05) is 18.8 Å². The third-order valence-corrected chi connectivity index (χ3v) is 3.99. The second-order valence-electron chi connectivity index (χ2n) is 5.87. The van der Waals surface area contributed by atoms with Gasteiger partial charge in [0.2, 0.25) is 0 Å². The number of para-hydroxylation sites is 1. The summed E-state index contributed by atoms with van der Waals surface area (Å²) in [5.74, 6) is 0. The highest BCUT2D eigenvalue weighted by atomic mass is 15.1. The van der Waals surface area contributed by atoms with Crippen molar-refractivity contribution >= 4 is 17.8 Å². The van der Waals surface area contributed by atoms with Gasteiger partial charge < -0.3 is 4.90 Å². The Morgan fingerprint density at radius 2 is 0.920 bits per heavy atom. The number of hydrogen-bond donors (Lipinski definition) is 0. The van der Waals surface area contributed by atoms with Crippen LogP contribution < -0.4 is 4.90 Å². The molecule has 0 aliphatic carbocycles. The fraction of sp³-hybridized carbons (Fsp3) is 0.0833. The van der Waals surface area contributed by atoms with Crippen LogP contribution in [0, 0.1) is 0 Å². The molecule has 0 unspecified atom stereocenters. The zero-order valence-electron chi connectivity index (χ0n) is 14.3. The third-order valence-electron chi connectivity index (χ3n) is 3.99. The normalized spacial score (nSPS) is 11.2.